The molecule has 0 nitrogen and oxygen atoms in total. The third kappa shape index (κ3) is 3.83. The molecule has 0 aromatic rings. The van der Waals surface area contributed by atoms with Crippen LogP contribution in [-0.4, -0.2) is 5.49 Å². The third-order valence-corrected chi connectivity index (χ3v) is 27.0. The molecule has 0 aromatic carbocycles. The van der Waals surface area contributed by atoms with Crippen LogP contribution >= 0.6 is 0 Å². The van der Waals surface area contributed by atoms with Crippen molar-refractivity contribution in [3.8, 4) is 0 Å². The van der Waals surface area contributed by atoms with E-state index < -0.39 is 20.1 Å². The van der Waals surface area contributed by atoms with Gasteiger partial charge in [0.2, 0.25) is 0 Å². The van der Waals surface area contributed by atoms with Gasteiger partial charge in [-0.2, -0.15) is 0 Å². The smallest absolute Gasteiger partial charge is 1.00 e. The number of hydrogen-bond donors (Lipinski definition) is 0. The number of halogens is 2. The molecule has 0 spiro atoms. The average molecular weight is 438 g/mol. The van der Waals surface area contributed by atoms with E-state index in [4.69, 9.17) is 0 Å². The first-order valence-electron chi connectivity index (χ1n) is 5.18. The normalized spacial score (nSPS) is 15.6. The first kappa shape index (κ1) is 16.6. The predicted octanol–water partition coefficient (Wildman–Crippen LogP) is -2.45. The Morgan fingerprint density at radius 1 is 0.938 bits per heavy atom. The van der Waals surface area contributed by atoms with Crippen LogP contribution in [0.3, 0.4) is 0 Å². The zero-order chi connectivity index (χ0) is 9.97. The summed E-state index contributed by atoms with van der Waals surface area (Å²) >= 11 is -1.50. The summed E-state index contributed by atoms with van der Waals surface area (Å²) in [6, 6.07) is 0. The van der Waals surface area contributed by atoms with E-state index in [2.05, 4.69) is 49.6 Å². The Morgan fingerprint density at radius 3 is 1.62 bits per heavy atom. The molecule has 2 aliphatic carbocycles. The van der Waals surface area contributed by atoms with Gasteiger partial charge in [0.05, 0.1) is 0 Å². The minimum atomic E-state index is -1.50. The van der Waals surface area contributed by atoms with E-state index >= 15 is 0 Å². The zero-order valence-corrected chi connectivity index (χ0v) is 15.7. The van der Waals surface area contributed by atoms with Crippen molar-refractivity contribution in [2.45, 2.75) is 25.9 Å². The van der Waals surface area contributed by atoms with Gasteiger partial charge in [-0.15, -0.1) is 0 Å². The first-order chi connectivity index (χ1) is 6.79. The van der Waals surface area contributed by atoms with Gasteiger partial charge in [0.25, 0.3) is 0 Å². The van der Waals surface area contributed by atoms with E-state index in [1.165, 1.54) is 12.8 Å². The number of allylic oxidation sites excluding steroid dienone is 8. The second kappa shape index (κ2) is 7.86. The Labute approximate surface area is 118 Å². The topological polar surface area (TPSA) is 0 Å². The average Bonchev–Trinajstić information content (AvgIpc) is 2.75. The van der Waals surface area contributed by atoms with Gasteiger partial charge in [0.15, 0.2) is 0 Å². The molecule has 0 amide bonds. The van der Waals surface area contributed by atoms with Gasteiger partial charge in [0.1, 0.15) is 0 Å². The summed E-state index contributed by atoms with van der Waals surface area (Å²) in [5, 5.41) is 0. The van der Waals surface area contributed by atoms with E-state index in [9.17, 15) is 0 Å². The van der Waals surface area contributed by atoms with Gasteiger partial charge in [-0.25, -0.2) is 0 Å². The molecule has 4 heteroatoms. The van der Waals surface area contributed by atoms with Crippen molar-refractivity contribution < 1.29 is 44.9 Å². The SMILES string of the molecule is C[Si](C)=[Hf+2]([C]1=CC=CC1)[C]1=CC=CC1.[Cl-].[Cl-]. The molecule has 16 heavy (non-hydrogen) atoms. The van der Waals surface area contributed by atoms with Crippen molar-refractivity contribution in [2.75, 3.05) is 0 Å². The monoisotopic (exact) mass is 438 g/mol. The van der Waals surface area contributed by atoms with E-state index in [1.54, 1.807) is 0 Å². The second-order valence-electron chi connectivity index (χ2n) is 4.02. The fourth-order valence-electron chi connectivity index (χ4n) is 2.11. The van der Waals surface area contributed by atoms with E-state index in [-0.39, 0.29) is 30.3 Å². The van der Waals surface area contributed by atoms with Crippen LogP contribution in [-0.2, 0) is 20.1 Å². The van der Waals surface area contributed by atoms with Crippen LogP contribution in [0.15, 0.2) is 43.1 Å². The first-order valence-corrected chi connectivity index (χ1v) is 16.7. The number of rotatable bonds is 2. The molecule has 0 saturated carbocycles. The van der Waals surface area contributed by atoms with Gasteiger partial charge in [0, 0.05) is 0 Å². The van der Waals surface area contributed by atoms with Crippen molar-refractivity contribution in [2.24, 2.45) is 0 Å². The Morgan fingerprint density at radius 2 is 1.38 bits per heavy atom. The summed E-state index contributed by atoms with van der Waals surface area (Å²) in [5.74, 6) is 0. The summed E-state index contributed by atoms with van der Waals surface area (Å²) in [6.07, 6.45) is 16.5. The van der Waals surface area contributed by atoms with Gasteiger partial charge in [-0.1, -0.05) is 0 Å². The van der Waals surface area contributed by atoms with Gasteiger partial charge in [-0.3, -0.25) is 0 Å². The maximum absolute atomic E-state index is 2.52. The third-order valence-electron chi connectivity index (χ3n) is 2.68. The van der Waals surface area contributed by atoms with Crippen LogP contribution in [0.5, 0.6) is 0 Å². The van der Waals surface area contributed by atoms with E-state index in [0.29, 0.717) is 0 Å². The van der Waals surface area contributed by atoms with Gasteiger partial charge < -0.3 is 24.8 Å². The van der Waals surface area contributed by atoms with Crippen LogP contribution in [0.4, 0.5) is 0 Å². The van der Waals surface area contributed by atoms with Crippen molar-refractivity contribution in [1.82, 2.24) is 0 Å². The predicted molar refractivity (Wildman–Crippen MR) is 61.2 cm³/mol. The Balaban J connectivity index is 0.00000112. The summed E-state index contributed by atoms with van der Waals surface area (Å²) in [5.41, 5.74) is -0.0425. The van der Waals surface area contributed by atoms with Crippen LogP contribution in [0, 0.1) is 0 Å². The van der Waals surface area contributed by atoms with Crippen LogP contribution < -0.4 is 24.8 Å². The van der Waals surface area contributed by atoms with Crippen LogP contribution in [0.2, 0.25) is 13.1 Å². The number of hydrogen-bond acceptors (Lipinski definition) is 0. The minimum Gasteiger partial charge on any atom is -1.00 e. The molecule has 0 aliphatic heterocycles. The fourth-order valence-corrected chi connectivity index (χ4v) is 26.0. The minimum absolute atomic E-state index is 0. The molecular formula is C12H16Cl2HfSi. The molecule has 0 atom stereocenters. The van der Waals surface area contributed by atoms with Gasteiger partial charge >= 0.3 is 94.6 Å². The molecule has 0 bridgehead atoms. The maximum atomic E-state index is 2.52. The molecule has 0 N–H and O–H groups in total. The summed E-state index contributed by atoms with van der Waals surface area (Å²) in [7, 11) is 0. The molecular weight excluding hydrogens is 422 g/mol. The Bertz CT molecular complexity index is 367. The molecule has 0 unspecified atom stereocenters. The van der Waals surface area contributed by atoms with Crippen LogP contribution in [0.25, 0.3) is 0 Å². The zero-order valence-electron chi connectivity index (χ0n) is 9.63. The van der Waals surface area contributed by atoms with E-state index in [0.717, 1.165) is 0 Å². The largest absolute Gasteiger partial charge is 1.00 e. The molecule has 86 valence electrons. The van der Waals surface area contributed by atoms with E-state index in [1.807, 2.05) is 6.66 Å². The summed E-state index contributed by atoms with van der Waals surface area (Å²) in [4.78, 5) is 0. The van der Waals surface area contributed by atoms with Gasteiger partial charge in [-0.05, 0) is 0 Å². The van der Waals surface area contributed by atoms with Crippen molar-refractivity contribution >= 4 is 5.49 Å². The molecule has 0 heterocycles. The fraction of sp³-hybridized carbons (Fsp3) is 0.333. The van der Waals surface area contributed by atoms with Crippen LogP contribution in [0.1, 0.15) is 12.8 Å². The molecule has 2 aliphatic rings. The molecule has 0 saturated heterocycles. The summed E-state index contributed by atoms with van der Waals surface area (Å²) < 4.78 is 3.70. The van der Waals surface area contributed by atoms with Crippen molar-refractivity contribution in [1.29, 1.82) is 0 Å². The molecule has 0 aromatic heterocycles. The van der Waals surface area contributed by atoms with Crippen molar-refractivity contribution in [3.05, 3.63) is 43.1 Å². The molecule has 2 rings (SSSR count). The van der Waals surface area contributed by atoms with Crippen molar-refractivity contribution in [3.63, 3.8) is 0 Å². The second-order valence-corrected chi connectivity index (χ2v) is 28.2. The quantitative estimate of drug-likeness (QED) is 0.421. The standard InChI is InChI=1S/2C5H5.C2H6Si.2ClH.Hf/c2*1-2-4-5-3-1;1-3-2;;;/h2*1-3H,4H2;1-2H3;2*1H;/q;;;;;+2/p-2. The Kier molecular flexibility index (Phi) is 8.17. The molecule has 0 fully saturated rings. The summed E-state index contributed by atoms with van der Waals surface area (Å²) in [6.45, 7) is 5.04. The maximum Gasteiger partial charge on any atom is -1.00 e. The molecule has 0 radical (unpaired) electrons. The Hall–Kier alpha value is 0.627.